The number of nitro groups is 1. The molecule has 7 heteroatoms. The average Bonchev–Trinajstić information content (AvgIpc) is 2.77. The molecule has 0 fully saturated rings. The van der Waals surface area contributed by atoms with Gasteiger partial charge in [-0.3, -0.25) is 15.2 Å². The van der Waals surface area contributed by atoms with Crippen molar-refractivity contribution in [3.8, 4) is 11.4 Å². The van der Waals surface area contributed by atoms with Crippen molar-refractivity contribution < 1.29 is 4.92 Å². The van der Waals surface area contributed by atoms with Gasteiger partial charge in [-0.05, 0) is 18.4 Å². The normalized spacial score (nSPS) is 10.3. The lowest BCUT2D eigenvalue weighted by atomic mass is 10.2. The van der Waals surface area contributed by atoms with E-state index in [1.165, 1.54) is 23.9 Å². The molecule has 0 saturated carbocycles. The lowest BCUT2D eigenvalue weighted by molar-refractivity contribution is -0.384. The Kier molecular flexibility index (Phi) is 2.86. The summed E-state index contributed by atoms with van der Waals surface area (Å²) in [7, 11) is 0. The third-order valence-electron chi connectivity index (χ3n) is 2.00. The summed E-state index contributed by atoms with van der Waals surface area (Å²) in [5, 5.41) is 17.8. The Morgan fingerprint density at radius 1 is 1.38 bits per heavy atom. The van der Waals surface area contributed by atoms with Crippen molar-refractivity contribution in [3.05, 3.63) is 34.4 Å². The van der Waals surface area contributed by atoms with Gasteiger partial charge in [-0.25, -0.2) is 4.98 Å². The highest BCUT2D eigenvalue weighted by atomic mass is 32.2. The molecular formula is C9H8N4O2S. The van der Waals surface area contributed by atoms with Gasteiger partial charge in [0.05, 0.1) is 4.92 Å². The summed E-state index contributed by atoms with van der Waals surface area (Å²) in [6.45, 7) is 0. The van der Waals surface area contributed by atoms with Gasteiger partial charge in [0.25, 0.3) is 5.69 Å². The molecule has 0 bridgehead atoms. The van der Waals surface area contributed by atoms with Gasteiger partial charge in [-0.1, -0.05) is 11.8 Å². The molecule has 2 aromatic rings. The molecule has 16 heavy (non-hydrogen) atoms. The molecule has 0 aliphatic heterocycles. The van der Waals surface area contributed by atoms with Crippen LogP contribution >= 0.6 is 11.8 Å². The SMILES string of the molecule is CSc1n[nH]c(-c2ccc([N+](=O)[O-])cc2)n1. The van der Waals surface area contributed by atoms with Gasteiger partial charge >= 0.3 is 0 Å². The van der Waals surface area contributed by atoms with Crippen molar-refractivity contribution in [2.75, 3.05) is 6.26 Å². The molecule has 0 saturated heterocycles. The van der Waals surface area contributed by atoms with Crippen LogP contribution in [0.25, 0.3) is 11.4 Å². The summed E-state index contributed by atoms with van der Waals surface area (Å²) in [6.07, 6.45) is 1.88. The number of benzene rings is 1. The molecule has 0 unspecified atom stereocenters. The topological polar surface area (TPSA) is 84.7 Å². The third-order valence-corrected chi connectivity index (χ3v) is 2.55. The van der Waals surface area contributed by atoms with Crippen LogP contribution in [0.2, 0.25) is 0 Å². The Morgan fingerprint density at radius 3 is 2.56 bits per heavy atom. The Labute approximate surface area is 95.2 Å². The Morgan fingerprint density at radius 2 is 2.06 bits per heavy atom. The zero-order chi connectivity index (χ0) is 11.5. The van der Waals surface area contributed by atoms with E-state index in [1.54, 1.807) is 12.1 Å². The number of H-pyrrole nitrogens is 1. The number of non-ortho nitro benzene ring substituents is 1. The maximum atomic E-state index is 10.5. The first-order valence-corrected chi connectivity index (χ1v) is 5.64. The van der Waals surface area contributed by atoms with Crippen LogP contribution in [0.15, 0.2) is 29.4 Å². The predicted molar refractivity (Wildman–Crippen MR) is 60.3 cm³/mol. The molecule has 0 atom stereocenters. The van der Waals surface area contributed by atoms with Crippen molar-refractivity contribution in [2.45, 2.75) is 5.16 Å². The van der Waals surface area contributed by atoms with E-state index in [0.29, 0.717) is 11.0 Å². The van der Waals surface area contributed by atoms with E-state index < -0.39 is 4.92 Å². The number of thioether (sulfide) groups is 1. The molecule has 0 aliphatic rings. The lowest BCUT2D eigenvalue weighted by Gasteiger charge is -1.94. The largest absolute Gasteiger partial charge is 0.269 e. The van der Waals surface area contributed by atoms with Crippen molar-refractivity contribution >= 4 is 17.4 Å². The van der Waals surface area contributed by atoms with Crippen LogP contribution in [-0.2, 0) is 0 Å². The van der Waals surface area contributed by atoms with Crippen LogP contribution in [-0.4, -0.2) is 26.4 Å². The van der Waals surface area contributed by atoms with Crippen molar-refractivity contribution in [3.63, 3.8) is 0 Å². The van der Waals surface area contributed by atoms with Crippen LogP contribution < -0.4 is 0 Å². The van der Waals surface area contributed by atoms with E-state index in [4.69, 9.17) is 0 Å². The van der Waals surface area contributed by atoms with Gasteiger partial charge in [0.1, 0.15) is 0 Å². The quantitative estimate of drug-likeness (QED) is 0.501. The number of nitrogens with one attached hydrogen (secondary N) is 1. The second-order valence-electron chi connectivity index (χ2n) is 2.97. The molecule has 0 aliphatic carbocycles. The fraction of sp³-hybridized carbons (Fsp3) is 0.111. The van der Waals surface area contributed by atoms with Crippen molar-refractivity contribution in [1.29, 1.82) is 0 Å². The molecule has 1 aromatic heterocycles. The number of aromatic amines is 1. The first-order chi connectivity index (χ1) is 7.70. The highest BCUT2D eigenvalue weighted by molar-refractivity contribution is 7.98. The molecule has 1 heterocycles. The summed E-state index contributed by atoms with van der Waals surface area (Å²) in [5.41, 5.74) is 0.840. The number of nitrogens with zero attached hydrogens (tertiary/aromatic N) is 3. The van der Waals surface area contributed by atoms with E-state index in [9.17, 15) is 10.1 Å². The summed E-state index contributed by atoms with van der Waals surface area (Å²) in [4.78, 5) is 14.2. The Balaban J connectivity index is 2.30. The second-order valence-corrected chi connectivity index (χ2v) is 3.75. The number of aromatic nitrogens is 3. The molecule has 6 nitrogen and oxygen atoms in total. The number of nitro benzene ring substituents is 1. The van der Waals surface area contributed by atoms with Crippen LogP contribution in [0.3, 0.4) is 0 Å². The fourth-order valence-electron chi connectivity index (χ4n) is 1.21. The predicted octanol–water partition coefficient (Wildman–Crippen LogP) is 2.10. The van der Waals surface area contributed by atoms with E-state index >= 15 is 0 Å². The van der Waals surface area contributed by atoms with E-state index in [0.717, 1.165) is 5.56 Å². The second kappa shape index (κ2) is 4.31. The Hall–Kier alpha value is -1.89. The van der Waals surface area contributed by atoms with Gasteiger partial charge in [0.2, 0.25) is 5.16 Å². The maximum absolute atomic E-state index is 10.5. The smallest absolute Gasteiger partial charge is 0.258 e. The zero-order valence-corrected chi connectivity index (χ0v) is 9.19. The van der Waals surface area contributed by atoms with Crippen molar-refractivity contribution in [2.24, 2.45) is 0 Å². The first-order valence-electron chi connectivity index (χ1n) is 4.42. The summed E-state index contributed by atoms with van der Waals surface area (Å²) >= 11 is 1.43. The summed E-state index contributed by atoms with van der Waals surface area (Å²) in [6, 6.07) is 6.17. The molecule has 0 spiro atoms. The van der Waals surface area contributed by atoms with E-state index in [1.807, 2.05) is 6.26 Å². The summed E-state index contributed by atoms with van der Waals surface area (Å²) < 4.78 is 0. The van der Waals surface area contributed by atoms with Crippen LogP contribution in [0, 0.1) is 10.1 Å². The number of rotatable bonds is 3. The van der Waals surface area contributed by atoms with Gasteiger partial charge in [-0.15, -0.1) is 5.10 Å². The lowest BCUT2D eigenvalue weighted by Crippen LogP contribution is -1.87. The number of hydrogen-bond donors (Lipinski definition) is 1. The van der Waals surface area contributed by atoms with Crippen LogP contribution in [0.5, 0.6) is 0 Å². The van der Waals surface area contributed by atoms with Gasteiger partial charge in [0, 0.05) is 17.7 Å². The van der Waals surface area contributed by atoms with E-state index in [2.05, 4.69) is 15.2 Å². The van der Waals surface area contributed by atoms with Crippen LogP contribution in [0.1, 0.15) is 0 Å². The minimum absolute atomic E-state index is 0.0633. The van der Waals surface area contributed by atoms with Crippen LogP contribution in [0.4, 0.5) is 5.69 Å². The standard InChI is InChI=1S/C9H8N4O2S/c1-16-9-10-8(11-12-9)6-2-4-7(5-3-6)13(14)15/h2-5H,1H3,(H,10,11,12). The van der Waals surface area contributed by atoms with Gasteiger partial charge < -0.3 is 0 Å². The number of hydrogen-bond acceptors (Lipinski definition) is 5. The molecule has 1 N–H and O–H groups in total. The monoisotopic (exact) mass is 236 g/mol. The molecule has 2 rings (SSSR count). The Bertz CT molecular complexity index is 508. The average molecular weight is 236 g/mol. The molecular weight excluding hydrogens is 228 g/mol. The highest BCUT2D eigenvalue weighted by Crippen LogP contribution is 2.20. The van der Waals surface area contributed by atoms with E-state index in [-0.39, 0.29) is 5.69 Å². The van der Waals surface area contributed by atoms with Gasteiger partial charge in [0.15, 0.2) is 5.82 Å². The maximum Gasteiger partial charge on any atom is 0.269 e. The fourth-order valence-corrected chi connectivity index (χ4v) is 1.53. The zero-order valence-electron chi connectivity index (χ0n) is 8.38. The molecule has 0 amide bonds. The highest BCUT2D eigenvalue weighted by Gasteiger charge is 2.08. The third kappa shape index (κ3) is 2.03. The summed E-state index contributed by atoms with van der Waals surface area (Å²) in [5.74, 6) is 0.610. The molecule has 1 aromatic carbocycles. The van der Waals surface area contributed by atoms with Crippen molar-refractivity contribution in [1.82, 2.24) is 15.2 Å². The first kappa shape index (κ1) is 10.6. The molecule has 82 valence electrons. The minimum Gasteiger partial charge on any atom is -0.258 e. The minimum atomic E-state index is -0.433. The molecule has 0 radical (unpaired) electrons. The van der Waals surface area contributed by atoms with Gasteiger partial charge in [-0.2, -0.15) is 0 Å².